The summed E-state index contributed by atoms with van der Waals surface area (Å²) in [6, 6.07) is 5.67. The number of hydrogen-bond donors (Lipinski definition) is 3. The second-order valence-electron chi connectivity index (χ2n) is 11.7. The molecule has 0 radical (unpaired) electrons. The molecule has 0 saturated carbocycles. The maximum Gasteiger partial charge on any atom is 0.410 e. The minimum Gasteiger partial charge on any atom is -0.444 e. The molecule has 11 nitrogen and oxygen atoms in total. The van der Waals surface area contributed by atoms with Crippen LogP contribution in [-0.4, -0.2) is 103 Å². The van der Waals surface area contributed by atoms with Crippen LogP contribution in [0.15, 0.2) is 29.3 Å². The zero-order chi connectivity index (χ0) is 29.6. The summed E-state index contributed by atoms with van der Waals surface area (Å²) in [6.45, 7) is 12.9. The van der Waals surface area contributed by atoms with Gasteiger partial charge in [-0.3, -0.25) is 19.4 Å². The highest BCUT2D eigenvalue weighted by Gasteiger charge is 2.31. The van der Waals surface area contributed by atoms with Crippen LogP contribution in [0, 0.1) is 0 Å². The molecule has 2 atom stereocenters. The number of carbonyl (C=O) groups excluding carboxylic acids is 3. The van der Waals surface area contributed by atoms with Crippen LogP contribution in [-0.2, 0) is 20.8 Å². The summed E-state index contributed by atoms with van der Waals surface area (Å²) in [4.78, 5) is 45.2. The molecule has 41 heavy (non-hydrogen) atoms. The monoisotopic (exact) mass is 588 g/mol. The van der Waals surface area contributed by atoms with Crippen LogP contribution in [0.2, 0.25) is 0 Å². The smallest absolute Gasteiger partial charge is 0.410 e. The SMILES string of the molecule is COCCNC(=O)c1cc(CN2CCN(C(=O)OC(C)(C)C)CC2C)ccc1NC(=O)C1=CSC(N2CCCC2)N1. The van der Waals surface area contributed by atoms with Crippen LogP contribution < -0.4 is 16.0 Å². The van der Waals surface area contributed by atoms with Gasteiger partial charge in [0.05, 0.1) is 17.9 Å². The van der Waals surface area contributed by atoms with Crippen molar-refractivity contribution in [2.45, 2.75) is 64.2 Å². The number of nitrogens with zero attached hydrogens (tertiary/aromatic N) is 3. The molecule has 2 unspecified atom stereocenters. The van der Waals surface area contributed by atoms with E-state index in [2.05, 4.69) is 32.7 Å². The standard InChI is InChI=1S/C29H44N6O5S/c1-20-17-35(28(38)40-29(2,3)4)14-13-34(20)18-21-8-9-23(22(16-21)25(36)30-10-15-39-5)31-26(37)24-19-41-27(32-24)33-11-6-7-12-33/h8-9,16,19-20,27,32H,6-7,10-15,17-18H2,1-5H3,(H,30,36)(H,31,37). The van der Waals surface area contributed by atoms with Gasteiger partial charge in [-0.1, -0.05) is 17.8 Å². The number of piperazine rings is 1. The Hall–Kier alpha value is -2.80. The lowest BCUT2D eigenvalue weighted by molar-refractivity contribution is -0.113. The van der Waals surface area contributed by atoms with E-state index in [1.54, 1.807) is 29.8 Å². The molecule has 226 valence electrons. The van der Waals surface area contributed by atoms with E-state index in [9.17, 15) is 14.4 Å². The number of likely N-dealkylation sites (tertiary alicyclic amines) is 1. The molecule has 3 N–H and O–H groups in total. The second-order valence-corrected chi connectivity index (χ2v) is 12.7. The molecule has 2 saturated heterocycles. The topological polar surface area (TPSA) is 115 Å². The average molecular weight is 589 g/mol. The Morgan fingerprint density at radius 3 is 2.54 bits per heavy atom. The summed E-state index contributed by atoms with van der Waals surface area (Å²) in [5.41, 5.74) is 1.82. The lowest BCUT2D eigenvalue weighted by atomic mass is 10.1. The molecule has 0 spiro atoms. The number of rotatable bonds is 9. The minimum absolute atomic E-state index is 0.0650. The van der Waals surface area contributed by atoms with Crippen molar-refractivity contribution in [3.8, 4) is 0 Å². The summed E-state index contributed by atoms with van der Waals surface area (Å²) < 4.78 is 10.6. The van der Waals surface area contributed by atoms with Crippen molar-refractivity contribution in [3.63, 3.8) is 0 Å². The van der Waals surface area contributed by atoms with E-state index in [1.807, 2.05) is 38.3 Å². The van der Waals surface area contributed by atoms with Gasteiger partial charge in [0.1, 0.15) is 16.8 Å². The van der Waals surface area contributed by atoms with Crippen molar-refractivity contribution in [1.29, 1.82) is 0 Å². The summed E-state index contributed by atoms with van der Waals surface area (Å²) in [5.74, 6) is -0.551. The van der Waals surface area contributed by atoms with Crippen molar-refractivity contribution in [2.75, 3.05) is 58.3 Å². The van der Waals surface area contributed by atoms with E-state index in [4.69, 9.17) is 9.47 Å². The molecule has 1 aromatic carbocycles. The van der Waals surface area contributed by atoms with E-state index in [0.717, 1.165) is 18.7 Å². The Kier molecular flexibility index (Phi) is 10.6. The Bertz CT molecular complexity index is 1130. The highest BCUT2D eigenvalue weighted by Crippen LogP contribution is 2.28. The van der Waals surface area contributed by atoms with Crippen LogP contribution in [0.1, 0.15) is 56.5 Å². The van der Waals surface area contributed by atoms with E-state index in [1.165, 1.54) is 12.8 Å². The van der Waals surface area contributed by atoms with Crippen LogP contribution >= 0.6 is 11.8 Å². The molecule has 2 fully saturated rings. The molecular weight excluding hydrogens is 544 g/mol. The Morgan fingerprint density at radius 2 is 1.85 bits per heavy atom. The summed E-state index contributed by atoms with van der Waals surface area (Å²) in [7, 11) is 1.58. The van der Waals surface area contributed by atoms with Crippen molar-refractivity contribution < 1.29 is 23.9 Å². The fourth-order valence-corrected chi connectivity index (χ4v) is 6.12. The molecule has 1 aromatic rings. The third kappa shape index (κ3) is 8.60. The van der Waals surface area contributed by atoms with E-state index in [0.29, 0.717) is 56.3 Å². The number of benzene rings is 1. The molecule has 0 aromatic heterocycles. The van der Waals surface area contributed by atoms with Gasteiger partial charge < -0.3 is 30.3 Å². The quantitative estimate of drug-likeness (QED) is 0.375. The molecule has 3 aliphatic heterocycles. The molecule has 12 heteroatoms. The van der Waals surface area contributed by atoms with Gasteiger partial charge in [-0.15, -0.1) is 0 Å². The van der Waals surface area contributed by atoms with Gasteiger partial charge in [-0.2, -0.15) is 0 Å². The predicted octanol–water partition coefficient (Wildman–Crippen LogP) is 3.00. The first-order chi connectivity index (χ1) is 19.5. The average Bonchev–Trinajstić information content (AvgIpc) is 3.62. The molecule has 0 bridgehead atoms. The molecule has 3 aliphatic rings. The summed E-state index contributed by atoms with van der Waals surface area (Å²) >= 11 is 1.60. The zero-order valence-corrected chi connectivity index (χ0v) is 25.6. The maximum atomic E-state index is 13.2. The first kappa shape index (κ1) is 31.1. The Labute approximate surface area is 247 Å². The molecule has 0 aliphatic carbocycles. The van der Waals surface area contributed by atoms with Crippen LogP contribution in [0.4, 0.5) is 10.5 Å². The van der Waals surface area contributed by atoms with E-state index >= 15 is 0 Å². The maximum absolute atomic E-state index is 13.2. The molecule has 3 heterocycles. The molecular formula is C29H44N6O5S. The third-order valence-corrected chi connectivity index (χ3v) is 8.33. The number of anilines is 1. The van der Waals surface area contributed by atoms with Gasteiger partial charge in [0.2, 0.25) is 0 Å². The van der Waals surface area contributed by atoms with Crippen LogP contribution in [0.5, 0.6) is 0 Å². The van der Waals surface area contributed by atoms with Crippen molar-refractivity contribution in [3.05, 3.63) is 40.4 Å². The van der Waals surface area contributed by atoms with Crippen molar-refractivity contribution >= 4 is 35.4 Å². The number of methoxy groups -OCH3 is 1. The van der Waals surface area contributed by atoms with Crippen LogP contribution in [0.3, 0.4) is 0 Å². The van der Waals surface area contributed by atoms with Crippen molar-refractivity contribution in [1.82, 2.24) is 25.3 Å². The highest BCUT2D eigenvalue weighted by molar-refractivity contribution is 8.02. The number of carbonyl (C=O) groups is 3. The van der Waals surface area contributed by atoms with Gasteiger partial charge in [-0.25, -0.2) is 4.79 Å². The van der Waals surface area contributed by atoms with Gasteiger partial charge in [0, 0.05) is 64.4 Å². The lowest BCUT2D eigenvalue weighted by Crippen LogP contribution is -2.54. The van der Waals surface area contributed by atoms with Crippen LogP contribution in [0.25, 0.3) is 0 Å². The first-order valence-corrected chi connectivity index (χ1v) is 15.3. The zero-order valence-electron chi connectivity index (χ0n) is 24.8. The second kappa shape index (κ2) is 13.9. The Morgan fingerprint density at radius 1 is 1.10 bits per heavy atom. The number of thioether (sulfide) groups is 1. The number of nitrogens with one attached hydrogen (secondary N) is 3. The fraction of sp³-hybridized carbons (Fsp3) is 0.621. The Balaban J connectivity index is 1.42. The van der Waals surface area contributed by atoms with Gasteiger partial charge in [-0.05, 0) is 58.2 Å². The lowest BCUT2D eigenvalue weighted by Gasteiger charge is -2.40. The molecule has 3 amide bonds. The summed E-state index contributed by atoms with van der Waals surface area (Å²) in [6.07, 6.45) is 2.05. The number of ether oxygens (including phenoxy) is 2. The number of hydrogen-bond acceptors (Lipinski definition) is 9. The van der Waals surface area contributed by atoms with E-state index in [-0.39, 0.29) is 29.4 Å². The fourth-order valence-electron chi connectivity index (χ4n) is 5.10. The van der Waals surface area contributed by atoms with E-state index < -0.39 is 5.60 Å². The summed E-state index contributed by atoms with van der Waals surface area (Å²) in [5, 5.41) is 11.0. The number of amides is 3. The van der Waals surface area contributed by atoms with Gasteiger partial charge in [0.25, 0.3) is 11.8 Å². The predicted molar refractivity (Wildman–Crippen MR) is 160 cm³/mol. The largest absolute Gasteiger partial charge is 0.444 e. The van der Waals surface area contributed by atoms with Gasteiger partial charge >= 0.3 is 6.09 Å². The minimum atomic E-state index is -0.534. The normalized spacial score (nSPS) is 21.8. The van der Waals surface area contributed by atoms with Crippen molar-refractivity contribution in [2.24, 2.45) is 0 Å². The third-order valence-electron chi connectivity index (χ3n) is 7.28. The highest BCUT2D eigenvalue weighted by atomic mass is 32.2. The first-order valence-electron chi connectivity index (χ1n) is 14.3. The van der Waals surface area contributed by atoms with Gasteiger partial charge in [0.15, 0.2) is 0 Å². The molecule has 4 rings (SSSR count).